The molecule has 0 fully saturated rings. The van der Waals surface area contributed by atoms with Crippen molar-refractivity contribution < 1.29 is 31.1 Å². The molecular weight excluding hydrogens is 249 g/mol. The average Bonchev–Trinajstić information content (AvgIpc) is 2.13. The van der Waals surface area contributed by atoms with Gasteiger partial charge in [-0.25, -0.2) is 8.42 Å². The number of hydrogen-bond acceptors (Lipinski definition) is 4. The maximum absolute atomic E-state index is 11.8. The number of rotatable bonds is 5. The largest absolute Gasteiger partial charge is 0.469 e. The lowest BCUT2D eigenvalue weighted by Gasteiger charge is -2.12. The Balaban J connectivity index is 4.38. The molecule has 0 N–H and O–H groups in total. The maximum Gasteiger partial charge on any atom is 0.390 e. The molecule has 0 aliphatic carbocycles. The summed E-state index contributed by atoms with van der Waals surface area (Å²) in [5.74, 6) is -1.77. The molecule has 0 aromatic carbocycles. The summed E-state index contributed by atoms with van der Waals surface area (Å²) in [6.07, 6.45) is -6.35. The summed E-state index contributed by atoms with van der Waals surface area (Å²) in [7, 11) is -2.84. The van der Waals surface area contributed by atoms with Gasteiger partial charge in [0.2, 0.25) is 0 Å². The molecule has 0 saturated heterocycles. The predicted octanol–water partition coefficient (Wildman–Crippen LogP) is 1.31. The first-order valence-electron chi connectivity index (χ1n) is 4.43. The van der Waals surface area contributed by atoms with Crippen LogP contribution < -0.4 is 0 Å². The van der Waals surface area contributed by atoms with Crippen molar-refractivity contribution in [3.63, 3.8) is 0 Å². The lowest BCUT2D eigenvalue weighted by molar-refractivity contribution is -0.140. The van der Waals surface area contributed by atoms with E-state index in [4.69, 9.17) is 0 Å². The minimum absolute atomic E-state index is 0.434. The Kier molecular flexibility index (Phi) is 5.24. The van der Waals surface area contributed by atoms with Crippen LogP contribution in [0, 0.1) is 0 Å². The van der Waals surface area contributed by atoms with Crippen LogP contribution in [-0.4, -0.2) is 38.7 Å². The van der Waals surface area contributed by atoms with Gasteiger partial charge in [-0.2, -0.15) is 13.2 Å². The van der Waals surface area contributed by atoms with Gasteiger partial charge in [-0.3, -0.25) is 4.79 Å². The number of hydrogen-bond donors (Lipinski definition) is 0. The molecule has 96 valence electrons. The Morgan fingerprint density at radius 3 is 2.25 bits per heavy atom. The highest BCUT2D eigenvalue weighted by Gasteiger charge is 2.32. The second kappa shape index (κ2) is 5.51. The van der Waals surface area contributed by atoms with E-state index < -0.39 is 45.8 Å². The van der Waals surface area contributed by atoms with Gasteiger partial charge >= 0.3 is 12.1 Å². The van der Waals surface area contributed by atoms with Gasteiger partial charge in [0.1, 0.15) is 0 Å². The highest BCUT2D eigenvalue weighted by molar-refractivity contribution is 7.92. The number of halogens is 3. The summed E-state index contributed by atoms with van der Waals surface area (Å²) < 4.78 is 62.3. The summed E-state index contributed by atoms with van der Waals surface area (Å²) in [5, 5.41) is -1.16. The summed E-state index contributed by atoms with van der Waals surface area (Å²) in [5.41, 5.74) is 0. The molecule has 0 saturated carbocycles. The molecule has 0 rings (SSSR count). The minimum atomic E-state index is -4.52. The zero-order chi connectivity index (χ0) is 13.0. The van der Waals surface area contributed by atoms with Crippen LogP contribution >= 0.6 is 0 Å². The summed E-state index contributed by atoms with van der Waals surface area (Å²) in [4.78, 5) is 10.8. The molecule has 1 unspecified atom stereocenters. The van der Waals surface area contributed by atoms with Crippen molar-refractivity contribution in [2.24, 2.45) is 0 Å². The van der Waals surface area contributed by atoms with E-state index in [9.17, 15) is 26.4 Å². The van der Waals surface area contributed by atoms with Crippen LogP contribution in [0.15, 0.2) is 0 Å². The van der Waals surface area contributed by atoms with Gasteiger partial charge in [0.15, 0.2) is 9.84 Å². The molecule has 1 atom stereocenters. The van der Waals surface area contributed by atoms with Crippen molar-refractivity contribution in [3.8, 4) is 0 Å². The van der Waals surface area contributed by atoms with Crippen molar-refractivity contribution in [1.82, 2.24) is 0 Å². The molecule has 0 aliphatic rings. The zero-order valence-corrected chi connectivity index (χ0v) is 9.69. The van der Waals surface area contributed by atoms with Gasteiger partial charge in [-0.15, -0.1) is 0 Å². The number of ether oxygens (including phenoxy) is 1. The van der Waals surface area contributed by atoms with Crippen LogP contribution in [-0.2, 0) is 19.4 Å². The molecule has 0 aromatic heterocycles. The third kappa shape index (κ3) is 5.94. The van der Waals surface area contributed by atoms with E-state index in [1.807, 2.05) is 0 Å². The standard InChI is InChI=1S/C8H13F3O4S/c1-6(5-7(12)15-2)16(13,14)4-3-8(9,10)11/h6H,3-5H2,1-2H3. The molecule has 0 amide bonds. The third-order valence-corrected chi connectivity index (χ3v) is 4.13. The fourth-order valence-corrected chi connectivity index (χ4v) is 2.21. The van der Waals surface area contributed by atoms with E-state index in [0.29, 0.717) is 0 Å². The highest BCUT2D eigenvalue weighted by Crippen LogP contribution is 2.21. The van der Waals surface area contributed by atoms with Gasteiger partial charge in [-0.1, -0.05) is 0 Å². The Morgan fingerprint density at radius 1 is 1.38 bits per heavy atom. The van der Waals surface area contributed by atoms with Crippen LogP contribution in [0.4, 0.5) is 13.2 Å². The van der Waals surface area contributed by atoms with Gasteiger partial charge in [0.25, 0.3) is 0 Å². The first-order valence-corrected chi connectivity index (χ1v) is 6.15. The van der Waals surface area contributed by atoms with Crippen LogP contribution in [0.5, 0.6) is 0 Å². The normalized spacial score (nSPS) is 14.6. The molecule has 0 aromatic rings. The van der Waals surface area contributed by atoms with Gasteiger partial charge in [0.05, 0.1) is 31.0 Å². The van der Waals surface area contributed by atoms with Gasteiger partial charge in [0, 0.05) is 0 Å². The molecular formula is C8H13F3O4S. The SMILES string of the molecule is COC(=O)CC(C)S(=O)(=O)CCC(F)(F)F. The summed E-state index contributed by atoms with van der Waals surface area (Å²) in [6, 6.07) is 0. The molecule has 8 heteroatoms. The van der Waals surface area contributed by atoms with Crippen LogP contribution in [0.1, 0.15) is 19.8 Å². The lowest BCUT2D eigenvalue weighted by atomic mass is 10.3. The van der Waals surface area contributed by atoms with Crippen LogP contribution in [0.3, 0.4) is 0 Å². The topological polar surface area (TPSA) is 60.4 Å². The molecule has 0 aliphatic heterocycles. The second-order valence-electron chi connectivity index (χ2n) is 3.32. The number of sulfone groups is 1. The molecule has 4 nitrogen and oxygen atoms in total. The Labute approximate surface area is 91.7 Å². The van der Waals surface area contributed by atoms with Crippen molar-refractivity contribution in [3.05, 3.63) is 0 Å². The zero-order valence-electron chi connectivity index (χ0n) is 8.87. The first kappa shape index (κ1) is 15.2. The van der Waals surface area contributed by atoms with E-state index in [-0.39, 0.29) is 0 Å². The molecule has 16 heavy (non-hydrogen) atoms. The fraction of sp³-hybridized carbons (Fsp3) is 0.875. The minimum Gasteiger partial charge on any atom is -0.469 e. The van der Waals surface area contributed by atoms with Crippen molar-refractivity contribution in [2.45, 2.75) is 31.2 Å². The first-order chi connectivity index (χ1) is 7.08. The number of carbonyl (C=O) groups is 1. The summed E-state index contributed by atoms with van der Waals surface area (Å²) >= 11 is 0. The Morgan fingerprint density at radius 2 is 1.88 bits per heavy atom. The molecule has 0 spiro atoms. The van der Waals surface area contributed by atoms with E-state index in [1.165, 1.54) is 6.92 Å². The molecule has 0 bridgehead atoms. The quantitative estimate of drug-likeness (QED) is 0.701. The Hall–Kier alpha value is -0.790. The number of methoxy groups -OCH3 is 1. The molecule has 0 heterocycles. The average molecular weight is 262 g/mol. The highest BCUT2D eigenvalue weighted by atomic mass is 32.2. The number of esters is 1. The van der Waals surface area contributed by atoms with Crippen molar-refractivity contribution >= 4 is 15.8 Å². The predicted molar refractivity (Wildman–Crippen MR) is 50.6 cm³/mol. The van der Waals surface area contributed by atoms with Gasteiger partial charge < -0.3 is 4.74 Å². The van der Waals surface area contributed by atoms with E-state index in [0.717, 1.165) is 7.11 Å². The van der Waals surface area contributed by atoms with Crippen molar-refractivity contribution in [2.75, 3.05) is 12.9 Å². The van der Waals surface area contributed by atoms with Crippen LogP contribution in [0.2, 0.25) is 0 Å². The number of carbonyl (C=O) groups excluding carboxylic acids is 1. The van der Waals surface area contributed by atoms with Gasteiger partial charge in [-0.05, 0) is 6.92 Å². The monoisotopic (exact) mass is 262 g/mol. The smallest absolute Gasteiger partial charge is 0.390 e. The lowest BCUT2D eigenvalue weighted by Crippen LogP contribution is -2.27. The van der Waals surface area contributed by atoms with Crippen molar-refractivity contribution in [1.29, 1.82) is 0 Å². The van der Waals surface area contributed by atoms with Crippen LogP contribution in [0.25, 0.3) is 0 Å². The molecule has 0 radical (unpaired) electrons. The fourth-order valence-electron chi connectivity index (χ4n) is 0.904. The Bertz CT molecular complexity index is 334. The number of alkyl halides is 3. The van der Waals surface area contributed by atoms with E-state index in [2.05, 4.69) is 4.74 Å². The third-order valence-electron chi connectivity index (χ3n) is 1.96. The second-order valence-corrected chi connectivity index (χ2v) is 5.86. The van der Waals surface area contributed by atoms with E-state index in [1.54, 1.807) is 0 Å². The maximum atomic E-state index is 11.8. The summed E-state index contributed by atoms with van der Waals surface area (Å²) in [6.45, 7) is 1.18. The van der Waals surface area contributed by atoms with E-state index >= 15 is 0 Å².